The van der Waals surface area contributed by atoms with Crippen molar-refractivity contribution in [2.75, 3.05) is 25.0 Å². The lowest BCUT2D eigenvalue weighted by Crippen LogP contribution is -2.20. The molecule has 1 aliphatic rings. The van der Waals surface area contributed by atoms with Crippen LogP contribution in [0.2, 0.25) is 0 Å². The average molecular weight is 234 g/mol. The van der Waals surface area contributed by atoms with E-state index in [1.165, 1.54) is 5.56 Å². The van der Waals surface area contributed by atoms with E-state index in [0.717, 1.165) is 25.2 Å². The second-order valence-electron chi connectivity index (χ2n) is 4.45. The molecule has 4 heteroatoms. The fraction of sp³-hybridized carbons (Fsp3) is 0.462. The molecule has 0 aliphatic carbocycles. The fourth-order valence-electron chi connectivity index (χ4n) is 1.84. The molecule has 1 heterocycles. The molecular formula is C13H18N2O2. The van der Waals surface area contributed by atoms with Crippen molar-refractivity contribution in [3.05, 3.63) is 29.8 Å². The molecule has 0 bridgehead atoms. The van der Waals surface area contributed by atoms with Gasteiger partial charge >= 0.3 is 6.09 Å². The Morgan fingerprint density at radius 2 is 2.24 bits per heavy atom. The molecule has 1 fully saturated rings. The molecule has 0 aromatic heterocycles. The molecule has 0 spiro atoms. The molecule has 1 unspecified atom stereocenters. The molecule has 17 heavy (non-hydrogen) atoms. The maximum atomic E-state index is 11.5. The minimum Gasteiger partial charge on any atom is -0.449 e. The summed E-state index contributed by atoms with van der Waals surface area (Å²) < 4.78 is 5.17. The number of hydrogen-bond acceptors (Lipinski definition) is 3. The molecule has 1 aromatic carbocycles. The highest BCUT2D eigenvalue weighted by Gasteiger charge is 2.16. The highest BCUT2D eigenvalue weighted by Crippen LogP contribution is 2.11. The van der Waals surface area contributed by atoms with Crippen LogP contribution in [0.15, 0.2) is 24.3 Å². The number of carbonyl (C=O) groups excluding carboxylic acids is 1. The highest BCUT2D eigenvalue weighted by molar-refractivity contribution is 5.84. The number of rotatable bonds is 3. The van der Waals surface area contributed by atoms with E-state index in [4.69, 9.17) is 4.74 Å². The summed E-state index contributed by atoms with van der Waals surface area (Å²) in [5, 5.41) is 5.95. The lowest BCUT2D eigenvalue weighted by molar-refractivity contribution is 0.144. The number of benzene rings is 1. The lowest BCUT2D eigenvalue weighted by Gasteiger charge is -2.10. The van der Waals surface area contributed by atoms with Gasteiger partial charge in [0.15, 0.2) is 0 Å². The van der Waals surface area contributed by atoms with E-state index in [1.807, 2.05) is 31.2 Å². The molecule has 1 aromatic rings. The van der Waals surface area contributed by atoms with E-state index in [9.17, 15) is 4.79 Å². The molecule has 0 saturated carbocycles. The summed E-state index contributed by atoms with van der Waals surface area (Å²) in [7, 11) is 0. The molecule has 1 aliphatic heterocycles. The van der Waals surface area contributed by atoms with Crippen molar-refractivity contribution >= 4 is 11.8 Å². The molecule has 2 rings (SSSR count). The minimum atomic E-state index is -0.374. The zero-order valence-electron chi connectivity index (χ0n) is 10.0. The second kappa shape index (κ2) is 5.68. The van der Waals surface area contributed by atoms with Crippen LogP contribution in [0.25, 0.3) is 0 Å². The van der Waals surface area contributed by atoms with Gasteiger partial charge in [0.1, 0.15) is 0 Å². The number of hydrogen-bond donors (Lipinski definition) is 2. The van der Waals surface area contributed by atoms with Gasteiger partial charge in [-0.3, -0.25) is 5.32 Å². The predicted octanol–water partition coefficient (Wildman–Crippen LogP) is 2.15. The Morgan fingerprint density at radius 1 is 1.47 bits per heavy atom. The first-order chi connectivity index (χ1) is 8.24. The molecule has 1 atom stereocenters. The van der Waals surface area contributed by atoms with Gasteiger partial charge < -0.3 is 10.1 Å². The SMILES string of the molecule is Cc1ccc(NC(=O)OCC2CCNC2)cc1. The standard InChI is InChI=1S/C13H18N2O2/c1-10-2-4-12(5-3-10)15-13(16)17-9-11-6-7-14-8-11/h2-5,11,14H,6-9H2,1H3,(H,15,16). The number of aryl methyl sites for hydroxylation is 1. The third kappa shape index (κ3) is 3.75. The smallest absolute Gasteiger partial charge is 0.411 e. The monoisotopic (exact) mass is 234 g/mol. The van der Waals surface area contributed by atoms with Gasteiger partial charge in [-0.05, 0) is 32.0 Å². The van der Waals surface area contributed by atoms with Gasteiger partial charge in [0, 0.05) is 18.2 Å². The lowest BCUT2D eigenvalue weighted by atomic mass is 10.1. The van der Waals surface area contributed by atoms with Gasteiger partial charge in [-0.1, -0.05) is 17.7 Å². The fourth-order valence-corrected chi connectivity index (χ4v) is 1.84. The van der Waals surface area contributed by atoms with Crippen molar-refractivity contribution in [2.24, 2.45) is 5.92 Å². The van der Waals surface area contributed by atoms with Crippen LogP contribution < -0.4 is 10.6 Å². The summed E-state index contributed by atoms with van der Waals surface area (Å²) in [4.78, 5) is 11.5. The molecular weight excluding hydrogens is 216 g/mol. The molecule has 2 N–H and O–H groups in total. The van der Waals surface area contributed by atoms with Crippen LogP contribution in [0.4, 0.5) is 10.5 Å². The number of carbonyl (C=O) groups is 1. The van der Waals surface area contributed by atoms with Crippen molar-refractivity contribution in [1.82, 2.24) is 5.32 Å². The Morgan fingerprint density at radius 3 is 2.88 bits per heavy atom. The largest absolute Gasteiger partial charge is 0.449 e. The van der Waals surface area contributed by atoms with Crippen LogP contribution in [-0.4, -0.2) is 25.8 Å². The number of anilines is 1. The Bertz CT molecular complexity index is 370. The van der Waals surface area contributed by atoms with E-state index >= 15 is 0 Å². The van der Waals surface area contributed by atoms with E-state index in [2.05, 4.69) is 10.6 Å². The quantitative estimate of drug-likeness (QED) is 0.842. The number of amides is 1. The molecule has 4 nitrogen and oxygen atoms in total. The van der Waals surface area contributed by atoms with Crippen molar-refractivity contribution < 1.29 is 9.53 Å². The van der Waals surface area contributed by atoms with Crippen LogP contribution in [0.3, 0.4) is 0 Å². The highest BCUT2D eigenvalue weighted by atomic mass is 16.5. The molecule has 92 valence electrons. The Hall–Kier alpha value is -1.55. The van der Waals surface area contributed by atoms with Gasteiger partial charge in [-0.15, -0.1) is 0 Å². The third-order valence-electron chi connectivity index (χ3n) is 2.91. The van der Waals surface area contributed by atoms with E-state index in [-0.39, 0.29) is 6.09 Å². The molecule has 1 amide bonds. The number of ether oxygens (including phenoxy) is 1. The zero-order valence-corrected chi connectivity index (χ0v) is 10.0. The van der Waals surface area contributed by atoms with E-state index in [0.29, 0.717) is 12.5 Å². The molecule has 0 radical (unpaired) electrons. The average Bonchev–Trinajstić information content (AvgIpc) is 2.83. The first-order valence-corrected chi connectivity index (χ1v) is 5.95. The van der Waals surface area contributed by atoms with E-state index < -0.39 is 0 Å². The maximum Gasteiger partial charge on any atom is 0.411 e. The van der Waals surface area contributed by atoms with Gasteiger partial charge in [-0.25, -0.2) is 4.79 Å². The summed E-state index contributed by atoms with van der Waals surface area (Å²) in [5.74, 6) is 0.457. The van der Waals surface area contributed by atoms with Crippen molar-refractivity contribution in [2.45, 2.75) is 13.3 Å². The van der Waals surface area contributed by atoms with Crippen LogP contribution in [0.5, 0.6) is 0 Å². The Kier molecular flexibility index (Phi) is 3.98. The van der Waals surface area contributed by atoms with Crippen LogP contribution in [0.1, 0.15) is 12.0 Å². The first-order valence-electron chi connectivity index (χ1n) is 5.95. The second-order valence-corrected chi connectivity index (χ2v) is 4.45. The molecule has 1 saturated heterocycles. The first kappa shape index (κ1) is 11.9. The predicted molar refractivity (Wildman–Crippen MR) is 67.1 cm³/mol. The van der Waals surface area contributed by atoms with Crippen molar-refractivity contribution in [1.29, 1.82) is 0 Å². The third-order valence-corrected chi connectivity index (χ3v) is 2.91. The van der Waals surface area contributed by atoms with Crippen molar-refractivity contribution in [3.63, 3.8) is 0 Å². The normalized spacial score (nSPS) is 19.0. The summed E-state index contributed by atoms with van der Waals surface area (Å²) in [6.07, 6.45) is 0.707. The summed E-state index contributed by atoms with van der Waals surface area (Å²) >= 11 is 0. The van der Waals surface area contributed by atoms with Crippen LogP contribution in [0, 0.1) is 12.8 Å². The van der Waals surface area contributed by atoms with Gasteiger partial charge in [0.05, 0.1) is 6.61 Å². The summed E-state index contributed by atoms with van der Waals surface area (Å²) in [6, 6.07) is 7.65. The Balaban J connectivity index is 1.74. The van der Waals surface area contributed by atoms with Gasteiger partial charge in [0.25, 0.3) is 0 Å². The summed E-state index contributed by atoms with van der Waals surface area (Å²) in [6.45, 7) is 4.46. The van der Waals surface area contributed by atoms with Crippen LogP contribution >= 0.6 is 0 Å². The topological polar surface area (TPSA) is 50.4 Å². The maximum absolute atomic E-state index is 11.5. The zero-order chi connectivity index (χ0) is 12.1. The van der Waals surface area contributed by atoms with Gasteiger partial charge in [0.2, 0.25) is 0 Å². The number of nitrogens with one attached hydrogen (secondary N) is 2. The van der Waals surface area contributed by atoms with Crippen LogP contribution in [-0.2, 0) is 4.74 Å². The minimum absolute atomic E-state index is 0.374. The van der Waals surface area contributed by atoms with Gasteiger partial charge in [-0.2, -0.15) is 0 Å². The Labute approximate surface area is 101 Å². The van der Waals surface area contributed by atoms with Crippen molar-refractivity contribution in [3.8, 4) is 0 Å². The summed E-state index contributed by atoms with van der Waals surface area (Å²) in [5.41, 5.74) is 1.94. The van der Waals surface area contributed by atoms with E-state index in [1.54, 1.807) is 0 Å².